The molecule has 4 saturated carbocycles. The van der Waals surface area contributed by atoms with Crippen LogP contribution in [0.4, 0.5) is 4.79 Å². The van der Waals surface area contributed by atoms with Crippen molar-refractivity contribution in [3.8, 4) is 0 Å². The number of amides is 2. The molecule has 3 N–H and O–H groups in total. The van der Waals surface area contributed by atoms with Crippen LogP contribution in [0.1, 0.15) is 51.4 Å². The van der Waals surface area contributed by atoms with Gasteiger partial charge in [0.25, 0.3) is 0 Å². The maximum Gasteiger partial charge on any atom is 0.315 e. The number of rotatable bonds is 2. The summed E-state index contributed by atoms with van der Waals surface area (Å²) in [6.45, 7) is 2.06. The Bertz CT molecular complexity index is 367. The number of hydrogen-bond acceptors (Lipinski definition) is 2. The van der Waals surface area contributed by atoms with E-state index in [1.807, 2.05) is 0 Å². The molecule has 5 aliphatic rings. The summed E-state index contributed by atoms with van der Waals surface area (Å²) in [6, 6.07) is 0.226. The van der Waals surface area contributed by atoms with Crippen LogP contribution < -0.4 is 11.1 Å². The molecule has 4 heteroatoms. The number of carbonyl (C=O) groups is 1. The van der Waals surface area contributed by atoms with Crippen LogP contribution in [0.25, 0.3) is 0 Å². The molecule has 4 aliphatic carbocycles. The first-order valence-electron chi connectivity index (χ1n) is 8.46. The summed E-state index contributed by atoms with van der Waals surface area (Å²) >= 11 is 0. The van der Waals surface area contributed by atoms with Crippen molar-refractivity contribution in [3.63, 3.8) is 0 Å². The molecule has 1 saturated heterocycles. The van der Waals surface area contributed by atoms with Crippen LogP contribution in [0.3, 0.4) is 0 Å². The van der Waals surface area contributed by atoms with Crippen LogP contribution in [-0.2, 0) is 0 Å². The predicted molar refractivity (Wildman–Crippen MR) is 78.2 cm³/mol. The van der Waals surface area contributed by atoms with Gasteiger partial charge in [0.1, 0.15) is 0 Å². The minimum atomic E-state index is -0.154. The lowest BCUT2D eigenvalue weighted by Gasteiger charge is -2.61. The molecular formula is C16H27N3O. The van der Waals surface area contributed by atoms with Crippen LogP contribution in [0.2, 0.25) is 0 Å². The quantitative estimate of drug-likeness (QED) is 0.812. The van der Waals surface area contributed by atoms with E-state index in [1.165, 1.54) is 38.5 Å². The number of primary amides is 1. The Morgan fingerprint density at radius 2 is 1.50 bits per heavy atom. The number of nitrogens with two attached hydrogens (primary N) is 1. The first kappa shape index (κ1) is 12.9. The fraction of sp³-hybridized carbons (Fsp3) is 0.938. The Labute approximate surface area is 121 Å². The topological polar surface area (TPSA) is 58.4 Å². The van der Waals surface area contributed by atoms with Crippen molar-refractivity contribution in [2.75, 3.05) is 13.1 Å². The predicted octanol–water partition coefficient (Wildman–Crippen LogP) is 2.09. The number of piperidine rings is 1. The largest absolute Gasteiger partial charge is 0.351 e. The lowest BCUT2D eigenvalue weighted by molar-refractivity contribution is -0.0850. The number of nitrogens with one attached hydrogen (secondary N) is 1. The third-order valence-corrected chi connectivity index (χ3v) is 6.43. The smallest absolute Gasteiger partial charge is 0.315 e. The molecule has 2 amide bonds. The van der Waals surface area contributed by atoms with Gasteiger partial charge in [0.05, 0.1) is 0 Å². The van der Waals surface area contributed by atoms with E-state index in [9.17, 15) is 4.79 Å². The van der Waals surface area contributed by atoms with Gasteiger partial charge in [0.2, 0.25) is 0 Å². The van der Waals surface area contributed by atoms with E-state index in [2.05, 4.69) is 10.2 Å². The Kier molecular flexibility index (Phi) is 2.99. The molecule has 0 aromatic rings. The highest BCUT2D eigenvalue weighted by Crippen LogP contribution is 2.58. The molecule has 0 radical (unpaired) electrons. The van der Waals surface area contributed by atoms with Gasteiger partial charge in [-0.1, -0.05) is 0 Å². The van der Waals surface area contributed by atoms with Crippen molar-refractivity contribution in [2.45, 2.75) is 62.9 Å². The Hall–Kier alpha value is -0.770. The molecule has 1 heterocycles. The van der Waals surface area contributed by atoms with E-state index in [0.717, 1.165) is 43.7 Å². The van der Waals surface area contributed by atoms with Gasteiger partial charge < -0.3 is 16.0 Å². The fourth-order valence-corrected chi connectivity index (χ4v) is 6.23. The molecule has 0 aromatic heterocycles. The first-order valence-corrected chi connectivity index (χ1v) is 8.46. The molecule has 5 fully saturated rings. The zero-order valence-corrected chi connectivity index (χ0v) is 12.3. The molecule has 20 heavy (non-hydrogen) atoms. The van der Waals surface area contributed by atoms with Gasteiger partial charge in [0, 0.05) is 11.6 Å². The van der Waals surface area contributed by atoms with Crippen molar-refractivity contribution in [1.82, 2.24) is 10.2 Å². The van der Waals surface area contributed by atoms with Gasteiger partial charge in [-0.2, -0.15) is 0 Å². The molecule has 0 atom stereocenters. The normalized spacial score (nSPS) is 43.7. The van der Waals surface area contributed by atoms with Gasteiger partial charge in [0.15, 0.2) is 0 Å². The Morgan fingerprint density at radius 3 is 1.95 bits per heavy atom. The van der Waals surface area contributed by atoms with Crippen LogP contribution in [0.15, 0.2) is 0 Å². The van der Waals surface area contributed by atoms with E-state index in [1.54, 1.807) is 0 Å². The summed E-state index contributed by atoms with van der Waals surface area (Å²) < 4.78 is 0. The maximum absolute atomic E-state index is 12.2. The SMILES string of the molecule is NC(=O)N(C1CCNCC1)C12CC3CC(CC(C3)C1)C2. The second kappa shape index (κ2) is 4.62. The van der Waals surface area contributed by atoms with E-state index < -0.39 is 0 Å². The van der Waals surface area contributed by atoms with Crippen molar-refractivity contribution in [2.24, 2.45) is 23.5 Å². The molecule has 0 unspecified atom stereocenters. The lowest BCUT2D eigenvalue weighted by Crippen LogP contribution is -2.66. The number of nitrogens with zero attached hydrogens (tertiary/aromatic N) is 1. The third-order valence-electron chi connectivity index (χ3n) is 6.43. The van der Waals surface area contributed by atoms with E-state index in [-0.39, 0.29) is 11.6 Å². The monoisotopic (exact) mass is 277 g/mol. The van der Waals surface area contributed by atoms with Gasteiger partial charge in [-0.3, -0.25) is 0 Å². The summed E-state index contributed by atoms with van der Waals surface area (Å²) in [5.74, 6) is 2.60. The minimum Gasteiger partial charge on any atom is -0.351 e. The van der Waals surface area contributed by atoms with Crippen molar-refractivity contribution < 1.29 is 4.79 Å². The highest BCUT2D eigenvalue weighted by molar-refractivity contribution is 5.73. The zero-order valence-electron chi connectivity index (χ0n) is 12.3. The second-order valence-corrected chi connectivity index (χ2v) is 7.83. The standard InChI is InChI=1S/C16H27N3O/c17-15(20)19(14-1-3-18-4-2-14)16-8-11-5-12(9-16)7-13(6-11)10-16/h11-14,18H,1-10H2,(H2,17,20). The maximum atomic E-state index is 12.2. The average molecular weight is 277 g/mol. The van der Waals surface area contributed by atoms with E-state index in [4.69, 9.17) is 5.73 Å². The molecule has 4 bridgehead atoms. The second-order valence-electron chi connectivity index (χ2n) is 7.83. The van der Waals surface area contributed by atoms with E-state index >= 15 is 0 Å². The van der Waals surface area contributed by atoms with Crippen molar-refractivity contribution in [3.05, 3.63) is 0 Å². The highest BCUT2D eigenvalue weighted by Gasteiger charge is 2.55. The molecule has 0 spiro atoms. The average Bonchev–Trinajstić information content (AvgIpc) is 2.37. The highest BCUT2D eigenvalue weighted by atomic mass is 16.2. The number of hydrogen-bond donors (Lipinski definition) is 2. The lowest BCUT2D eigenvalue weighted by atomic mass is 9.52. The van der Waals surface area contributed by atoms with Gasteiger partial charge >= 0.3 is 6.03 Å². The van der Waals surface area contributed by atoms with Gasteiger partial charge in [-0.25, -0.2) is 4.79 Å². The minimum absolute atomic E-state index is 0.128. The summed E-state index contributed by atoms with van der Waals surface area (Å²) in [5, 5.41) is 3.40. The molecule has 4 nitrogen and oxygen atoms in total. The molecule has 112 valence electrons. The van der Waals surface area contributed by atoms with Crippen LogP contribution in [-0.4, -0.2) is 35.6 Å². The number of urea groups is 1. The summed E-state index contributed by atoms with van der Waals surface area (Å²) in [5.41, 5.74) is 5.98. The van der Waals surface area contributed by atoms with Crippen LogP contribution >= 0.6 is 0 Å². The molecular weight excluding hydrogens is 250 g/mol. The van der Waals surface area contributed by atoms with Crippen molar-refractivity contribution in [1.29, 1.82) is 0 Å². The molecule has 0 aromatic carbocycles. The third kappa shape index (κ3) is 1.95. The van der Waals surface area contributed by atoms with Gasteiger partial charge in [-0.05, 0) is 82.2 Å². The summed E-state index contributed by atoms with van der Waals surface area (Å²) in [6.07, 6.45) is 10.1. The zero-order chi connectivity index (χ0) is 13.7. The van der Waals surface area contributed by atoms with Crippen LogP contribution in [0.5, 0.6) is 0 Å². The van der Waals surface area contributed by atoms with Crippen molar-refractivity contribution >= 4 is 6.03 Å². The summed E-state index contributed by atoms with van der Waals surface area (Å²) in [4.78, 5) is 14.4. The fourth-order valence-electron chi connectivity index (χ4n) is 6.23. The number of carbonyl (C=O) groups excluding carboxylic acids is 1. The first-order chi connectivity index (χ1) is 9.66. The summed E-state index contributed by atoms with van der Waals surface area (Å²) in [7, 11) is 0. The molecule has 5 rings (SSSR count). The van der Waals surface area contributed by atoms with Gasteiger partial charge in [-0.15, -0.1) is 0 Å². The van der Waals surface area contributed by atoms with Crippen LogP contribution in [0, 0.1) is 17.8 Å². The van der Waals surface area contributed by atoms with E-state index in [0.29, 0.717) is 6.04 Å². The Morgan fingerprint density at radius 1 is 1.00 bits per heavy atom. The molecule has 1 aliphatic heterocycles. The Balaban J connectivity index is 1.63.